The van der Waals surface area contributed by atoms with E-state index in [1.54, 1.807) is 30.0 Å². The topological polar surface area (TPSA) is 80.7 Å². The van der Waals surface area contributed by atoms with Gasteiger partial charge in [-0.2, -0.15) is 0 Å². The molecule has 1 amide bonds. The second-order valence-electron chi connectivity index (χ2n) is 4.56. The Kier molecular flexibility index (Phi) is 4.15. The van der Waals surface area contributed by atoms with Crippen LogP contribution in [0.2, 0.25) is 0 Å². The third-order valence-electron chi connectivity index (χ3n) is 2.97. The Morgan fingerprint density at radius 1 is 1.14 bits per heavy atom. The second-order valence-corrected chi connectivity index (χ2v) is 5.42. The van der Waals surface area contributed by atoms with Crippen molar-refractivity contribution in [2.75, 3.05) is 0 Å². The summed E-state index contributed by atoms with van der Waals surface area (Å²) in [6.45, 7) is 1.88. The summed E-state index contributed by atoms with van der Waals surface area (Å²) < 4.78 is 0. The molecular weight excluding hydrogens is 298 g/mol. The SMILES string of the molecule is C[C@@H](NC(=O)c1csc(-c2ncccn2)n1)c1ccccn1. The van der Waals surface area contributed by atoms with Gasteiger partial charge in [-0.1, -0.05) is 6.07 Å². The second kappa shape index (κ2) is 6.40. The molecule has 22 heavy (non-hydrogen) atoms. The van der Waals surface area contributed by atoms with Gasteiger partial charge in [0.25, 0.3) is 5.91 Å². The fourth-order valence-electron chi connectivity index (χ4n) is 1.87. The van der Waals surface area contributed by atoms with Gasteiger partial charge in [0, 0.05) is 24.0 Å². The number of nitrogens with one attached hydrogen (secondary N) is 1. The van der Waals surface area contributed by atoms with Crippen molar-refractivity contribution in [3.05, 3.63) is 59.6 Å². The maximum Gasteiger partial charge on any atom is 0.271 e. The van der Waals surface area contributed by atoms with Crippen molar-refractivity contribution in [1.82, 2.24) is 25.3 Å². The lowest BCUT2D eigenvalue weighted by Gasteiger charge is -2.11. The van der Waals surface area contributed by atoms with Crippen molar-refractivity contribution < 1.29 is 4.79 Å². The largest absolute Gasteiger partial charge is 0.343 e. The first-order chi connectivity index (χ1) is 10.7. The van der Waals surface area contributed by atoms with E-state index in [1.807, 2.05) is 25.1 Å². The average Bonchev–Trinajstić information content (AvgIpc) is 3.06. The molecule has 1 N–H and O–H groups in total. The number of rotatable bonds is 4. The lowest BCUT2D eigenvalue weighted by Crippen LogP contribution is -2.27. The third kappa shape index (κ3) is 3.15. The van der Waals surface area contributed by atoms with Gasteiger partial charge in [0.15, 0.2) is 10.8 Å². The number of aromatic nitrogens is 4. The highest BCUT2D eigenvalue weighted by atomic mass is 32.1. The van der Waals surface area contributed by atoms with Crippen LogP contribution in [0.5, 0.6) is 0 Å². The van der Waals surface area contributed by atoms with Gasteiger partial charge >= 0.3 is 0 Å². The minimum atomic E-state index is -0.239. The van der Waals surface area contributed by atoms with Crippen molar-refractivity contribution in [3.63, 3.8) is 0 Å². The molecule has 0 fully saturated rings. The summed E-state index contributed by atoms with van der Waals surface area (Å²) in [7, 11) is 0. The van der Waals surface area contributed by atoms with Gasteiger partial charge in [-0.3, -0.25) is 9.78 Å². The highest BCUT2D eigenvalue weighted by Gasteiger charge is 2.16. The molecule has 3 heterocycles. The number of carbonyl (C=O) groups excluding carboxylic acids is 1. The zero-order valence-electron chi connectivity index (χ0n) is 11.8. The Morgan fingerprint density at radius 3 is 2.64 bits per heavy atom. The molecule has 7 heteroatoms. The first-order valence-corrected chi connectivity index (χ1v) is 7.56. The summed E-state index contributed by atoms with van der Waals surface area (Å²) in [5.74, 6) is 0.279. The molecule has 0 saturated carbocycles. The number of hydrogen-bond acceptors (Lipinski definition) is 6. The molecular formula is C15H13N5OS. The molecule has 6 nitrogen and oxygen atoms in total. The third-order valence-corrected chi connectivity index (χ3v) is 3.81. The van der Waals surface area contributed by atoms with Crippen LogP contribution in [0.15, 0.2) is 48.2 Å². The van der Waals surface area contributed by atoms with E-state index in [4.69, 9.17) is 0 Å². The van der Waals surface area contributed by atoms with Gasteiger partial charge in [-0.25, -0.2) is 15.0 Å². The molecule has 3 rings (SSSR count). The molecule has 0 aromatic carbocycles. The number of pyridine rings is 1. The zero-order chi connectivity index (χ0) is 15.4. The fraction of sp³-hybridized carbons (Fsp3) is 0.133. The molecule has 0 saturated heterocycles. The molecule has 0 aliphatic heterocycles. The van der Waals surface area contributed by atoms with Crippen molar-refractivity contribution in [2.45, 2.75) is 13.0 Å². The Bertz CT molecular complexity index is 760. The lowest BCUT2D eigenvalue weighted by atomic mass is 10.2. The zero-order valence-corrected chi connectivity index (χ0v) is 12.6. The summed E-state index contributed by atoms with van der Waals surface area (Å²) in [4.78, 5) is 29.0. The Labute approximate surface area is 131 Å². The van der Waals surface area contributed by atoms with Gasteiger partial charge in [0.1, 0.15) is 5.69 Å². The van der Waals surface area contributed by atoms with E-state index in [0.717, 1.165) is 5.69 Å². The molecule has 0 unspecified atom stereocenters. The molecule has 0 spiro atoms. The van der Waals surface area contributed by atoms with Crippen LogP contribution in [-0.4, -0.2) is 25.8 Å². The standard InChI is InChI=1S/C15H13N5OS/c1-10(11-5-2-3-6-16-11)19-14(21)12-9-22-15(20-12)13-17-7-4-8-18-13/h2-10H,1H3,(H,19,21)/t10-/m1/s1. The van der Waals surface area contributed by atoms with Crippen molar-refractivity contribution in [1.29, 1.82) is 0 Å². The number of carbonyl (C=O) groups is 1. The fourth-order valence-corrected chi connectivity index (χ4v) is 2.61. The first-order valence-electron chi connectivity index (χ1n) is 6.69. The summed E-state index contributed by atoms with van der Waals surface area (Å²) in [6.07, 6.45) is 4.99. The number of amides is 1. The van der Waals surface area contributed by atoms with Gasteiger partial charge in [-0.15, -0.1) is 11.3 Å². The van der Waals surface area contributed by atoms with Crippen LogP contribution in [-0.2, 0) is 0 Å². The summed E-state index contributed by atoms with van der Waals surface area (Å²) in [5.41, 5.74) is 1.16. The molecule has 1 atom stereocenters. The van der Waals surface area contributed by atoms with E-state index in [1.165, 1.54) is 11.3 Å². The van der Waals surface area contributed by atoms with Crippen LogP contribution < -0.4 is 5.32 Å². The van der Waals surface area contributed by atoms with E-state index in [2.05, 4.69) is 25.3 Å². The molecule has 3 aromatic rings. The van der Waals surface area contributed by atoms with E-state index in [9.17, 15) is 4.79 Å². The van der Waals surface area contributed by atoms with Crippen molar-refractivity contribution in [3.8, 4) is 10.8 Å². The average molecular weight is 311 g/mol. The maximum atomic E-state index is 12.2. The van der Waals surface area contributed by atoms with Gasteiger partial charge < -0.3 is 5.32 Å². The molecule has 0 aliphatic rings. The molecule has 0 aliphatic carbocycles. The number of nitrogens with zero attached hydrogens (tertiary/aromatic N) is 4. The summed E-state index contributed by atoms with van der Waals surface area (Å²) in [6, 6.07) is 7.14. The van der Waals surface area contributed by atoms with Gasteiger partial charge in [-0.05, 0) is 25.1 Å². The first kappa shape index (κ1) is 14.3. The quantitative estimate of drug-likeness (QED) is 0.800. The Morgan fingerprint density at radius 2 is 1.91 bits per heavy atom. The highest BCUT2D eigenvalue weighted by molar-refractivity contribution is 7.13. The van der Waals surface area contributed by atoms with Crippen LogP contribution in [0.25, 0.3) is 10.8 Å². The lowest BCUT2D eigenvalue weighted by molar-refractivity contribution is 0.0935. The van der Waals surface area contributed by atoms with Gasteiger partial charge in [0.2, 0.25) is 0 Å². The van der Waals surface area contributed by atoms with E-state index >= 15 is 0 Å². The number of thiazole rings is 1. The monoisotopic (exact) mass is 311 g/mol. The predicted molar refractivity (Wildman–Crippen MR) is 83.3 cm³/mol. The predicted octanol–water partition coefficient (Wildman–Crippen LogP) is 2.49. The van der Waals surface area contributed by atoms with Crippen molar-refractivity contribution >= 4 is 17.2 Å². The van der Waals surface area contributed by atoms with Crippen LogP contribution in [0.4, 0.5) is 0 Å². The molecule has 0 bridgehead atoms. The molecule has 3 aromatic heterocycles. The molecule has 110 valence electrons. The van der Waals surface area contributed by atoms with Crippen LogP contribution in [0, 0.1) is 0 Å². The maximum absolute atomic E-state index is 12.2. The van der Waals surface area contributed by atoms with E-state index < -0.39 is 0 Å². The van der Waals surface area contributed by atoms with Crippen LogP contribution >= 0.6 is 11.3 Å². The van der Waals surface area contributed by atoms with Gasteiger partial charge in [0.05, 0.1) is 11.7 Å². The van der Waals surface area contributed by atoms with Crippen LogP contribution in [0.3, 0.4) is 0 Å². The van der Waals surface area contributed by atoms with E-state index in [-0.39, 0.29) is 11.9 Å². The normalized spacial score (nSPS) is 11.9. The minimum Gasteiger partial charge on any atom is -0.343 e. The highest BCUT2D eigenvalue weighted by Crippen LogP contribution is 2.20. The summed E-state index contributed by atoms with van der Waals surface area (Å²) >= 11 is 1.34. The molecule has 0 radical (unpaired) electrons. The van der Waals surface area contributed by atoms with Crippen LogP contribution in [0.1, 0.15) is 29.1 Å². The number of hydrogen-bond donors (Lipinski definition) is 1. The minimum absolute atomic E-state index is 0.188. The summed E-state index contributed by atoms with van der Waals surface area (Å²) in [5, 5.41) is 5.20. The Balaban J connectivity index is 1.72. The van der Waals surface area contributed by atoms with Crippen molar-refractivity contribution in [2.24, 2.45) is 0 Å². The smallest absolute Gasteiger partial charge is 0.271 e. The Hall–Kier alpha value is -2.67. The van der Waals surface area contributed by atoms with E-state index in [0.29, 0.717) is 16.5 Å².